The van der Waals surface area contributed by atoms with Crippen LogP contribution in [0, 0.1) is 11.6 Å². The predicted octanol–water partition coefficient (Wildman–Crippen LogP) is 3.33. The lowest BCUT2D eigenvalue weighted by Gasteiger charge is -2.07. The minimum absolute atomic E-state index is 0.0249. The van der Waals surface area contributed by atoms with Crippen molar-refractivity contribution in [2.24, 2.45) is 0 Å². The first kappa shape index (κ1) is 18.9. The highest BCUT2D eigenvalue weighted by atomic mass is 19.1. The second kappa shape index (κ2) is 8.30. The topological polar surface area (TPSA) is 72.7 Å². The first-order chi connectivity index (χ1) is 14.1. The van der Waals surface area contributed by atoms with E-state index in [2.05, 4.69) is 20.4 Å². The molecule has 1 amide bonds. The number of halogens is 2. The van der Waals surface area contributed by atoms with E-state index in [4.69, 9.17) is 0 Å². The Balaban J connectivity index is 1.38. The number of carbonyl (C=O) groups is 1. The molecule has 3 aromatic rings. The van der Waals surface area contributed by atoms with E-state index in [1.54, 1.807) is 18.6 Å². The second-order valence-electron chi connectivity index (χ2n) is 6.83. The van der Waals surface area contributed by atoms with Crippen LogP contribution in [0.3, 0.4) is 0 Å². The van der Waals surface area contributed by atoms with E-state index in [9.17, 15) is 13.6 Å². The third kappa shape index (κ3) is 4.71. The number of carbonyl (C=O) groups excluding carboxylic acids is 1. The van der Waals surface area contributed by atoms with Gasteiger partial charge < -0.3 is 5.32 Å². The van der Waals surface area contributed by atoms with Gasteiger partial charge in [0.25, 0.3) is 0 Å². The largest absolute Gasteiger partial charge is 0.351 e. The molecule has 0 radical (unpaired) electrons. The van der Waals surface area contributed by atoms with Crippen LogP contribution in [0.1, 0.15) is 30.0 Å². The fourth-order valence-corrected chi connectivity index (χ4v) is 3.03. The number of nitrogens with one attached hydrogen (secondary N) is 1. The van der Waals surface area contributed by atoms with Crippen LogP contribution < -0.4 is 5.32 Å². The molecule has 2 heterocycles. The van der Waals surface area contributed by atoms with E-state index in [0.29, 0.717) is 24.7 Å². The molecule has 0 bridgehead atoms. The molecule has 1 aromatic carbocycles. The molecule has 6 nitrogen and oxygen atoms in total. The number of rotatable bonds is 7. The Hall–Kier alpha value is -3.42. The maximum atomic E-state index is 13.6. The zero-order valence-electron chi connectivity index (χ0n) is 15.6. The van der Waals surface area contributed by atoms with Gasteiger partial charge in [-0.15, -0.1) is 0 Å². The van der Waals surface area contributed by atoms with Gasteiger partial charge in [-0.3, -0.25) is 19.4 Å². The van der Waals surface area contributed by atoms with Crippen LogP contribution in [0.2, 0.25) is 0 Å². The number of amides is 1. The lowest BCUT2D eigenvalue weighted by molar-refractivity contribution is -0.116. The Bertz CT molecular complexity index is 1040. The van der Waals surface area contributed by atoms with Crippen LogP contribution in [0.25, 0.3) is 17.5 Å². The summed E-state index contributed by atoms with van der Waals surface area (Å²) in [6.45, 7) is 0.857. The Kier molecular flexibility index (Phi) is 5.41. The molecule has 0 unspecified atom stereocenters. The summed E-state index contributed by atoms with van der Waals surface area (Å²) < 4.78 is 28.7. The molecule has 148 valence electrons. The van der Waals surface area contributed by atoms with E-state index < -0.39 is 11.6 Å². The van der Waals surface area contributed by atoms with Crippen LogP contribution in [0.5, 0.6) is 0 Å². The number of benzene rings is 1. The van der Waals surface area contributed by atoms with E-state index in [1.165, 1.54) is 12.2 Å². The van der Waals surface area contributed by atoms with Gasteiger partial charge >= 0.3 is 0 Å². The minimum atomic E-state index is -0.586. The fourth-order valence-electron chi connectivity index (χ4n) is 3.03. The van der Waals surface area contributed by atoms with Crippen LogP contribution >= 0.6 is 0 Å². The standard InChI is InChI=1S/C21H19F2N5O/c22-16-4-5-17(23)15(11-16)3-6-21(29)26-9-10-28-20(14-1-2-14)12-18(27-28)19-13-24-7-8-25-19/h3-8,11-14H,1-2,9-10H2,(H,26,29). The summed E-state index contributed by atoms with van der Waals surface area (Å²) in [5.41, 5.74) is 2.61. The summed E-state index contributed by atoms with van der Waals surface area (Å²) >= 11 is 0. The van der Waals surface area contributed by atoms with Crippen LogP contribution in [0.4, 0.5) is 8.78 Å². The highest BCUT2D eigenvalue weighted by Gasteiger charge is 2.28. The van der Waals surface area contributed by atoms with E-state index in [-0.39, 0.29) is 11.5 Å². The molecule has 0 aliphatic heterocycles. The maximum absolute atomic E-state index is 13.6. The lowest BCUT2D eigenvalue weighted by atomic mass is 10.2. The second-order valence-corrected chi connectivity index (χ2v) is 6.83. The van der Waals surface area contributed by atoms with Gasteiger partial charge in [0.1, 0.15) is 23.0 Å². The van der Waals surface area contributed by atoms with E-state index in [0.717, 1.165) is 42.4 Å². The Morgan fingerprint density at radius 3 is 2.83 bits per heavy atom. The summed E-state index contributed by atoms with van der Waals surface area (Å²) in [5, 5.41) is 7.35. The molecule has 2 aromatic heterocycles. The number of nitrogens with zero attached hydrogens (tertiary/aromatic N) is 4. The zero-order chi connectivity index (χ0) is 20.2. The molecule has 1 aliphatic carbocycles. The van der Waals surface area contributed by atoms with Crippen molar-refractivity contribution in [1.29, 1.82) is 0 Å². The van der Waals surface area contributed by atoms with Crippen molar-refractivity contribution in [2.75, 3.05) is 6.54 Å². The van der Waals surface area contributed by atoms with Crippen molar-refractivity contribution in [1.82, 2.24) is 25.1 Å². The molecule has 0 spiro atoms. The van der Waals surface area contributed by atoms with Crippen molar-refractivity contribution >= 4 is 12.0 Å². The quantitative estimate of drug-likeness (QED) is 0.623. The molecular weight excluding hydrogens is 376 g/mol. The summed E-state index contributed by atoms with van der Waals surface area (Å²) in [7, 11) is 0. The van der Waals surface area contributed by atoms with Crippen molar-refractivity contribution in [3.05, 3.63) is 71.8 Å². The number of hydrogen-bond donors (Lipinski definition) is 1. The first-order valence-electron chi connectivity index (χ1n) is 9.35. The van der Waals surface area contributed by atoms with E-state index in [1.807, 2.05) is 10.7 Å². The predicted molar refractivity (Wildman–Crippen MR) is 104 cm³/mol. The molecule has 1 fully saturated rings. The van der Waals surface area contributed by atoms with Crippen molar-refractivity contribution in [3.8, 4) is 11.4 Å². The normalized spacial score (nSPS) is 13.7. The number of aromatic nitrogens is 4. The summed E-state index contributed by atoms with van der Waals surface area (Å²) in [6, 6.07) is 5.12. The van der Waals surface area contributed by atoms with Gasteiger partial charge in [0.15, 0.2) is 0 Å². The zero-order valence-corrected chi connectivity index (χ0v) is 15.6. The van der Waals surface area contributed by atoms with Gasteiger partial charge in [0.2, 0.25) is 5.91 Å². The van der Waals surface area contributed by atoms with Gasteiger partial charge in [0, 0.05) is 42.2 Å². The summed E-state index contributed by atoms with van der Waals surface area (Å²) in [4.78, 5) is 20.4. The van der Waals surface area contributed by atoms with Crippen LogP contribution in [0.15, 0.2) is 48.9 Å². The van der Waals surface area contributed by atoms with Crippen molar-refractivity contribution in [3.63, 3.8) is 0 Å². The maximum Gasteiger partial charge on any atom is 0.244 e. The molecule has 4 rings (SSSR count). The van der Waals surface area contributed by atoms with Crippen LogP contribution in [-0.4, -0.2) is 32.2 Å². The number of hydrogen-bond acceptors (Lipinski definition) is 4. The summed E-state index contributed by atoms with van der Waals surface area (Å²) in [6.07, 6.45) is 9.60. The van der Waals surface area contributed by atoms with Gasteiger partial charge in [0.05, 0.1) is 12.7 Å². The molecule has 0 atom stereocenters. The fraction of sp³-hybridized carbons (Fsp3) is 0.238. The monoisotopic (exact) mass is 395 g/mol. The van der Waals surface area contributed by atoms with Gasteiger partial charge in [-0.25, -0.2) is 8.78 Å². The third-order valence-electron chi connectivity index (χ3n) is 4.63. The van der Waals surface area contributed by atoms with Crippen molar-refractivity contribution in [2.45, 2.75) is 25.3 Å². The molecule has 8 heteroatoms. The smallest absolute Gasteiger partial charge is 0.244 e. The lowest BCUT2D eigenvalue weighted by Crippen LogP contribution is -2.26. The average molecular weight is 395 g/mol. The first-order valence-corrected chi connectivity index (χ1v) is 9.35. The Morgan fingerprint density at radius 1 is 1.21 bits per heavy atom. The molecule has 1 saturated carbocycles. The molecular formula is C21H19F2N5O. The van der Waals surface area contributed by atoms with Gasteiger partial charge in [-0.2, -0.15) is 5.10 Å². The highest BCUT2D eigenvalue weighted by Crippen LogP contribution is 2.41. The SMILES string of the molecule is O=C(C=Cc1cc(F)ccc1F)NCCn1nc(-c2cnccn2)cc1C1CC1. The summed E-state index contributed by atoms with van der Waals surface area (Å²) in [5.74, 6) is -1.04. The molecule has 1 N–H and O–H groups in total. The van der Waals surface area contributed by atoms with Gasteiger partial charge in [-0.05, 0) is 43.2 Å². The van der Waals surface area contributed by atoms with Gasteiger partial charge in [-0.1, -0.05) is 0 Å². The van der Waals surface area contributed by atoms with E-state index >= 15 is 0 Å². The molecule has 29 heavy (non-hydrogen) atoms. The van der Waals surface area contributed by atoms with Crippen LogP contribution in [-0.2, 0) is 11.3 Å². The molecule has 1 aliphatic rings. The van der Waals surface area contributed by atoms with Crippen molar-refractivity contribution < 1.29 is 13.6 Å². The Labute approximate surface area is 166 Å². The molecule has 0 saturated heterocycles. The average Bonchev–Trinajstić information content (AvgIpc) is 3.49. The Morgan fingerprint density at radius 2 is 2.07 bits per heavy atom. The third-order valence-corrected chi connectivity index (χ3v) is 4.63. The minimum Gasteiger partial charge on any atom is -0.351 e. The highest BCUT2D eigenvalue weighted by molar-refractivity contribution is 5.91.